The van der Waals surface area contributed by atoms with Gasteiger partial charge >= 0.3 is 0 Å². The summed E-state index contributed by atoms with van der Waals surface area (Å²) in [6.07, 6.45) is 3.84. The number of carbonyl (C=O) groups is 1. The van der Waals surface area contributed by atoms with Gasteiger partial charge in [-0.1, -0.05) is 12.1 Å². The fourth-order valence-electron chi connectivity index (χ4n) is 2.80. The highest BCUT2D eigenvalue weighted by molar-refractivity contribution is 5.96. The van der Waals surface area contributed by atoms with Crippen LogP contribution < -0.4 is 0 Å². The summed E-state index contributed by atoms with van der Waals surface area (Å²) in [6.45, 7) is 6.11. The zero-order valence-corrected chi connectivity index (χ0v) is 12.8. The van der Waals surface area contributed by atoms with E-state index < -0.39 is 0 Å². The second kappa shape index (κ2) is 5.40. The maximum Gasteiger partial charge on any atom is 0.254 e. The van der Waals surface area contributed by atoms with Crippen LogP contribution >= 0.6 is 0 Å². The van der Waals surface area contributed by atoms with Crippen molar-refractivity contribution >= 4 is 5.91 Å². The summed E-state index contributed by atoms with van der Waals surface area (Å²) in [5.41, 5.74) is 3.03. The molecule has 0 spiro atoms. The molecule has 0 radical (unpaired) electrons. The van der Waals surface area contributed by atoms with Gasteiger partial charge in [0.25, 0.3) is 5.91 Å². The Labute approximate surface area is 125 Å². The third-order valence-electron chi connectivity index (χ3n) is 4.38. The molecule has 0 aliphatic heterocycles. The lowest BCUT2D eigenvalue weighted by Crippen LogP contribution is -2.35. The molecule has 3 nitrogen and oxygen atoms in total. The molecule has 1 saturated carbocycles. The second-order valence-corrected chi connectivity index (χ2v) is 5.88. The van der Waals surface area contributed by atoms with Crippen LogP contribution in [0.25, 0.3) is 0 Å². The van der Waals surface area contributed by atoms with Gasteiger partial charge in [0, 0.05) is 11.6 Å². The van der Waals surface area contributed by atoms with Crippen LogP contribution in [0.5, 0.6) is 0 Å². The summed E-state index contributed by atoms with van der Waals surface area (Å²) in [7, 11) is 0. The smallest absolute Gasteiger partial charge is 0.254 e. The monoisotopic (exact) mass is 283 g/mol. The van der Waals surface area contributed by atoms with Crippen molar-refractivity contribution in [3.8, 4) is 0 Å². The SMILES string of the molecule is Cc1cccc(C(=O)N(C2CC2)C(C)c2ccco2)c1C. The number of aryl methyl sites for hydroxylation is 1. The lowest BCUT2D eigenvalue weighted by molar-refractivity contribution is 0.0652. The van der Waals surface area contributed by atoms with E-state index in [4.69, 9.17) is 4.42 Å². The van der Waals surface area contributed by atoms with Crippen molar-refractivity contribution in [1.82, 2.24) is 4.90 Å². The van der Waals surface area contributed by atoms with Gasteiger partial charge in [-0.05, 0) is 62.9 Å². The Morgan fingerprint density at radius 1 is 1.24 bits per heavy atom. The number of benzene rings is 1. The zero-order valence-electron chi connectivity index (χ0n) is 12.8. The molecule has 1 aliphatic carbocycles. The number of nitrogens with zero attached hydrogens (tertiary/aromatic N) is 1. The van der Waals surface area contributed by atoms with Crippen molar-refractivity contribution in [3.05, 3.63) is 59.0 Å². The largest absolute Gasteiger partial charge is 0.467 e. The maximum atomic E-state index is 13.0. The molecule has 3 heteroatoms. The lowest BCUT2D eigenvalue weighted by atomic mass is 10.0. The Morgan fingerprint density at radius 2 is 2.00 bits per heavy atom. The molecule has 1 fully saturated rings. The molecule has 1 atom stereocenters. The Balaban J connectivity index is 1.94. The highest BCUT2D eigenvalue weighted by Crippen LogP contribution is 2.36. The van der Waals surface area contributed by atoms with Crippen molar-refractivity contribution in [2.24, 2.45) is 0 Å². The minimum Gasteiger partial charge on any atom is -0.467 e. The van der Waals surface area contributed by atoms with Crippen molar-refractivity contribution in [2.75, 3.05) is 0 Å². The van der Waals surface area contributed by atoms with Crippen LogP contribution in [0.3, 0.4) is 0 Å². The number of carbonyl (C=O) groups excluding carboxylic acids is 1. The number of hydrogen-bond acceptors (Lipinski definition) is 2. The van der Waals surface area contributed by atoms with Crippen LogP contribution in [-0.4, -0.2) is 16.8 Å². The molecular formula is C18H21NO2. The van der Waals surface area contributed by atoms with Gasteiger partial charge in [-0.25, -0.2) is 0 Å². The van der Waals surface area contributed by atoms with Crippen molar-refractivity contribution in [2.45, 2.75) is 45.7 Å². The molecule has 0 N–H and O–H groups in total. The Morgan fingerprint density at radius 3 is 2.62 bits per heavy atom. The van der Waals surface area contributed by atoms with Crippen molar-refractivity contribution in [3.63, 3.8) is 0 Å². The Bertz CT molecular complexity index is 641. The molecule has 0 bridgehead atoms. The average molecular weight is 283 g/mol. The summed E-state index contributed by atoms with van der Waals surface area (Å²) >= 11 is 0. The third-order valence-corrected chi connectivity index (χ3v) is 4.38. The number of furan rings is 1. The minimum absolute atomic E-state index is 0.0279. The number of hydrogen-bond donors (Lipinski definition) is 0. The predicted octanol–water partition coefficient (Wildman–Crippen LogP) is 4.26. The highest BCUT2D eigenvalue weighted by atomic mass is 16.3. The number of rotatable bonds is 4. The normalized spacial score (nSPS) is 15.8. The minimum atomic E-state index is -0.0279. The second-order valence-electron chi connectivity index (χ2n) is 5.88. The molecule has 1 heterocycles. The van der Waals surface area contributed by atoms with E-state index in [0.29, 0.717) is 6.04 Å². The quantitative estimate of drug-likeness (QED) is 0.840. The van der Waals surface area contributed by atoms with E-state index in [2.05, 4.69) is 0 Å². The summed E-state index contributed by atoms with van der Waals surface area (Å²) < 4.78 is 5.50. The van der Waals surface area contributed by atoms with Crippen LogP contribution in [0, 0.1) is 13.8 Å². The van der Waals surface area contributed by atoms with Crippen molar-refractivity contribution < 1.29 is 9.21 Å². The first-order chi connectivity index (χ1) is 10.1. The summed E-state index contributed by atoms with van der Waals surface area (Å²) in [5.74, 6) is 0.961. The topological polar surface area (TPSA) is 33.5 Å². The van der Waals surface area contributed by atoms with Gasteiger partial charge in [0.15, 0.2) is 0 Å². The first-order valence-electron chi connectivity index (χ1n) is 7.52. The molecule has 2 aromatic rings. The van der Waals surface area contributed by atoms with Crippen LogP contribution in [0.4, 0.5) is 0 Å². The lowest BCUT2D eigenvalue weighted by Gasteiger charge is -2.29. The molecule has 1 aliphatic rings. The summed E-state index contributed by atoms with van der Waals surface area (Å²) in [4.78, 5) is 15.0. The molecular weight excluding hydrogens is 262 g/mol. The van der Waals surface area contributed by atoms with E-state index in [0.717, 1.165) is 35.3 Å². The van der Waals surface area contributed by atoms with E-state index in [9.17, 15) is 4.79 Å². The first-order valence-corrected chi connectivity index (χ1v) is 7.52. The van der Waals surface area contributed by atoms with Crippen LogP contribution in [-0.2, 0) is 0 Å². The van der Waals surface area contributed by atoms with Crippen LogP contribution in [0.1, 0.15) is 53.1 Å². The molecule has 110 valence electrons. The van der Waals surface area contributed by atoms with Crippen molar-refractivity contribution in [1.29, 1.82) is 0 Å². The van der Waals surface area contributed by atoms with Gasteiger partial charge in [-0.15, -0.1) is 0 Å². The zero-order chi connectivity index (χ0) is 15.0. The molecule has 1 unspecified atom stereocenters. The molecule has 1 amide bonds. The van der Waals surface area contributed by atoms with Gasteiger partial charge in [0.05, 0.1) is 12.3 Å². The average Bonchev–Trinajstić information content (AvgIpc) is 3.14. The molecule has 1 aromatic carbocycles. The maximum absolute atomic E-state index is 13.0. The molecule has 3 rings (SSSR count). The fourth-order valence-corrected chi connectivity index (χ4v) is 2.80. The van der Waals surface area contributed by atoms with Crippen LogP contribution in [0.2, 0.25) is 0 Å². The van der Waals surface area contributed by atoms with Gasteiger partial charge in [-0.3, -0.25) is 4.79 Å². The van der Waals surface area contributed by atoms with E-state index >= 15 is 0 Å². The Kier molecular flexibility index (Phi) is 3.58. The number of amides is 1. The molecule has 21 heavy (non-hydrogen) atoms. The van der Waals surface area contributed by atoms with Crippen LogP contribution in [0.15, 0.2) is 41.0 Å². The highest BCUT2D eigenvalue weighted by Gasteiger charge is 2.38. The Hall–Kier alpha value is -2.03. The first kappa shape index (κ1) is 13.9. The van der Waals surface area contributed by atoms with E-state index in [1.54, 1.807) is 6.26 Å². The van der Waals surface area contributed by atoms with Gasteiger partial charge < -0.3 is 9.32 Å². The molecule has 1 aromatic heterocycles. The predicted molar refractivity (Wildman–Crippen MR) is 82.2 cm³/mol. The third kappa shape index (κ3) is 2.60. The van der Waals surface area contributed by atoms with Gasteiger partial charge in [-0.2, -0.15) is 0 Å². The molecule has 0 saturated heterocycles. The fraction of sp³-hybridized carbons (Fsp3) is 0.389. The van der Waals surface area contributed by atoms with E-state index in [1.165, 1.54) is 0 Å². The standard InChI is InChI=1S/C18H21NO2/c1-12-6-4-7-16(13(12)2)18(20)19(15-9-10-15)14(3)17-8-5-11-21-17/h4-8,11,14-15H,9-10H2,1-3H3. The van der Waals surface area contributed by atoms with Gasteiger partial charge in [0.1, 0.15) is 5.76 Å². The van der Waals surface area contributed by atoms with Gasteiger partial charge in [0.2, 0.25) is 0 Å². The van der Waals surface area contributed by atoms with E-state index in [1.807, 2.05) is 56.0 Å². The summed E-state index contributed by atoms with van der Waals surface area (Å²) in [6, 6.07) is 10.1. The summed E-state index contributed by atoms with van der Waals surface area (Å²) in [5, 5.41) is 0. The van der Waals surface area contributed by atoms with E-state index in [-0.39, 0.29) is 11.9 Å².